The highest BCUT2D eigenvalue weighted by Crippen LogP contribution is 2.26. The fourth-order valence-electron chi connectivity index (χ4n) is 3.65. The van der Waals surface area contributed by atoms with Crippen LogP contribution in [0.2, 0.25) is 0 Å². The third-order valence-corrected chi connectivity index (χ3v) is 5.08. The summed E-state index contributed by atoms with van der Waals surface area (Å²) >= 11 is 0. The molecule has 146 valence electrons. The summed E-state index contributed by atoms with van der Waals surface area (Å²) in [6.45, 7) is 0. The second kappa shape index (κ2) is 7.98. The number of rotatable bonds is 5. The third kappa shape index (κ3) is 3.57. The number of carbonyl (C=O) groups is 1. The van der Waals surface area contributed by atoms with Crippen molar-refractivity contribution in [3.05, 3.63) is 66.4 Å². The van der Waals surface area contributed by atoms with Gasteiger partial charge in [-0.3, -0.25) is 0 Å². The summed E-state index contributed by atoms with van der Waals surface area (Å²) in [6, 6.07) is 9.99. The van der Waals surface area contributed by atoms with Crippen LogP contribution in [0.3, 0.4) is 0 Å². The van der Waals surface area contributed by atoms with Crippen LogP contribution in [0.1, 0.15) is 36.0 Å². The van der Waals surface area contributed by atoms with Crippen molar-refractivity contribution < 1.29 is 18.7 Å². The third-order valence-electron chi connectivity index (χ3n) is 5.08. The van der Waals surface area contributed by atoms with Gasteiger partial charge in [0, 0.05) is 25.9 Å². The van der Waals surface area contributed by atoms with Gasteiger partial charge in [-0.2, -0.15) is 5.10 Å². The van der Waals surface area contributed by atoms with Gasteiger partial charge in [0.05, 0.1) is 12.3 Å². The van der Waals surface area contributed by atoms with Gasteiger partial charge in [0.1, 0.15) is 23.2 Å². The number of benzene rings is 1. The van der Waals surface area contributed by atoms with Gasteiger partial charge >= 0.3 is 5.97 Å². The van der Waals surface area contributed by atoms with E-state index < -0.39 is 11.8 Å². The first-order chi connectivity index (χ1) is 13.7. The molecule has 28 heavy (non-hydrogen) atoms. The molecule has 0 spiro atoms. The molecule has 0 N–H and O–H groups in total. The molecule has 1 fully saturated rings. The van der Waals surface area contributed by atoms with Gasteiger partial charge in [0.2, 0.25) is 0 Å². The monoisotopic (exact) mass is 383 g/mol. The summed E-state index contributed by atoms with van der Waals surface area (Å²) in [5, 5.41) is 4.28. The van der Waals surface area contributed by atoms with Gasteiger partial charge in [0.15, 0.2) is 5.82 Å². The molecular weight excluding hydrogens is 361 g/mol. The number of ether oxygens (including phenoxy) is 2. The van der Waals surface area contributed by atoms with Crippen molar-refractivity contribution in [1.29, 1.82) is 0 Å². The number of aromatic nitrogens is 3. The topological polar surface area (TPSA) is 58.3 Å². The van der Waals surface area contributed by atoms with E-state index in [1.807, 2.05) is 12.1 Å². The van der Waals surface area contributed by atoms with E-state index in [1.165, 1.54) is 16.9 Å². The summed E-state index contributed by atoms with van der Waals surface area (Å²) in [7, 11) is 1.68. The zero-order valence-electron chi connectivity index (χ0n) is 15.6. The lowest BCUT2D eigenvalue weighted by molar-refractivity contribution is -0.0149. The fraction of sp³-hybridized carbons (Fsp3) is 0.333. The van der Waals surface area contributed by atoms with Crippen LogP contribution in [0.4, 0.5) is 4.39 Å². The van der Waals surface area contributed by atoms with E-state index in [0.29, 0.717) is 17.8 Å². The molecule has 2 heterocycles. The standard InChI is InChI=1S/C21H22FN3O3/c1-27-15-7-6-8-16(13-15)28-21(26)17-14-23-25(19-10-3-2-9-18(19)22)20(17)24-11-4-5-12-24/h2-5,9-12,14-16H,6-8,13H2,1H3/t15-,16-/m1/s1. The zero-order valence-corrected chi connectivity index (χ0v) is 15.6. The maximum absolute atomic E-state index is 14.4. The number of esters is 1. The first kappa shape index (κ1) is 18.4. The maximum atomic E-state index is 14.4. The molecular formula is C21H22FN3O3. The van der Waals surface area contributed by atoms with Crippen LogP contribution < -0.4 is 0 Å². The number of carbonyl (C=O) groups excluding carboxylic acids is 1. The molecule has 0 bridgehead atoms. The molecule has 0 unspecified atom stereocenters. The van der Waals surface area contributed by atoms with E-state index in [0.717, 1.165) is 19.3 Å². The van der Waals surface area contributed by atoms with Crippen molar-refractivity contribution in [3.8, 4) is 11.5 Å². The van der Waals surface area contributed by atoms with Crippen molar-refractivity contribution in [2.24, 2.45) is 0 Å². The highest BCUT2D eigenvalue weighted by Gasteiger charge is 2.28. The Morgan fingerprint density at radius 3 is 2.64 bits per heavy atom. The Bertz CT molecular complexity index is 952. The largest absolute Gasteiger partial charge is 0.459 e. The SMILES string of the molecule is CO[C@@H]1CCC[C@@H](OC(=O)c2cnn(-c3ccccc3F)c2-n2cccc2)C1. The Morgan fingerprint density at radius 2 is 1.89 bits per heavy atom. The van der Waals surface area contributed by atoms with Crippen LogP contribution in [-0.2, 0) is 9.47 Å². The second-order valence-corrected chi connectivity index (χ2v) is 6.89. The molecule has 0 aliphatic heterocycles. The van der Waals surface area contributed by atoms with Crippen molar-refractivity contribution in [3.63, 3.8) is 0 Å². The Hall–Kier alpha value is -2.93. The molecule has 1 aliphatic rings. The van der Waals surface area contributed by atoms with Gasteiger partial charge in [-0.25, -0.2) is 13.9 Å². The first-order valence-corrected chi connectivity index (χ1v) is 9.37. The summed E-state index contributed by atoms with van der Waals surface area (Å²) in [6.07, 6.45) is 8.34. The van der Waals surface area contributed by atoms with Crippen molar-refractivity contribution in [2.75, 3.05) is 7.11 Å². The normalized spacial score (nSPS) is 19.5. The quantitative estimate of drug-likeness (QED) is 0.627. The van der Waals surface area contributed by atoms with Crippen LogP contribution in [0.25, 0.3) is 11.5 Å². The summed E-state index contributed by atoms with van der Waals surface area (Å²) in [5.74, 6) is -0.443. The van der Waals surface area contributed by atoms with E-state index in [2.05, 4.69) is 5.10 Å². The molecule has 4 rings (SSSR count). The van der Waals surface area contributed by atoms with E-state index >= 15 is 0 Å². The van der Waals surface area contributed by atoms with Gasteiger partial charge in [0.25, 0.3) is 0 Å². The average molecular weight is 383 g/mol. The van der Waals surface area contributed by atoms with E-state index in [4.69, 9.17) is 9.47 Å². The van der Waals surface area contributed by atoms with Crippen LogP contribution in [-0.4, -0.2) is 39.6 Å². The molecule has 3 aromatic rings. The minimum Gasteiger partial charge on any atom is -0.459 e. The molecule has 1 saturated carbocycles. The molecule has 0 saturated heterocycles. The summed E-state index contributed by atoms with van der Waals surface area (Å²) in [4.78, 5) is 12.9. The van der Waals surface area contributed by atoms with Gasteiger partial charge < -0.3 is 14.0 Å². The molecule has 0 radical (unpaired) electrons. The van der Waals surface area contributed by atoms with Gasteiger partial charge in [-0.05, 0) is 43.5 Å². The second-order valence-electron chi connectivity index (χ2n) is 6.89. The highest BCUT2D eigenvalue weighted by molar-refractivity contribution is 5.93. The van der Waals surface area contributed by atoms with Crippen molar-refractivity contribution in [1.82, 2.24) is 14.3 Å². The molecule has 2 aromatic heterocycles. The van der Waals surface area contributed by atoms with Gasteiger partial charge in [-0.1, -0.05) is 12.1 Å². The predicted molar refractivity (Wildman–Crippen MR) is 101 cm³/mol. The Balaban J connectivity index is 1.68. The fourth-order valence-corrected chi connectivity index (χ4v) is 3.65. The van der Waals surface area contributed by atoms with E-state index in [1.54, 1.807) is 42.3 Å². The lowest BCUT2D eigenvalue weighted by Crippen LogP contribution is -2.29. The van der Waals surface area contributed by atoms with Crippen molar-refractivity contribution >= 4 is 5.97 Å². The lowest BCUT2D eigenvalue weighted by Gasteiger charge is -2.27. The minimum atomic E-state index is -0.465. The number of hydrogen-bond acceptors (Lipinski definition) is 4. The maximum Gasteiger partial charge on any atom is 0.343 e. The number of halogens is 1. The Kier molecular flexibility index (Phi) is 5.25. The highest BCUT2D eigenvalue weighted by atomic mass is 19.1. The summed E-state index contributed by atoms with van der Waals surface area (Å²) in [5.41, 5.74) is 0.557. The molecule has 6 nitrogen and oxygen atoms in total. The molecule has 2 atom stereocenters. The summed E-state index contributed by atoms with van der Waals surface area (Å²) < 4.78 is 28.7. The average Bonchev–Trinajstić information content (AvgIpc) is 3.38. The van der Waals surface area contributed by atoms with Crippen LogP contribution in [0.5, 0.6) is 0 Å². The number of para-hydroxylation sites is 1. The molecule has 1 aliphatic carbocycles. The Morgan fingerprint density at radius 1 is 1.14 bits per heavy atom. The minimum absolute atomic E-state index is 0.108. The molecule has 0 amide bonds. The lowest BCUT2D eigenvalue weighted by atomic mass is 9.95. The van der Waals surface area contributed by atoms with Gasteiger partial charge in [-0.15, -0.1) is 0 Å². The number of nitrogens with zero attached hydrogens (tertiary/aromatic N) is 3. The molecule has 7 heteroatoms. The van der Waals surface area contributed by atoms with Crippen LogP contribution in [0.15, 0.2) is 55.0 Å². The zero-order chi connectivity index (χ0) is 19.5. The van der Waals surface area contributed by atoms with E-state index in [-0.39, 0.29) is 17.9 Å². The molecule has 1 aromatic carbocycles. The number of methoxy groups -OCH3 is 1. The first-order valence-electron chi connectivity index (χ1n) is 9.37. The Labute approximate surface area is 162 Å². The van der Waals surface area contributed by atoms with Crippen LogP contribution >= 0.6 is 0 Å². The van der Waals surface area contributed by atoms with Crippen molar-refractivity contribution in [2.45, 2.75) is 37.9 Å². The number of hydrogen-bond donors (Lipinski definition) is 0. The smallest absolute Gasteiger partial charge is 0.343 e. The predicted octanol–water partition coefficient (Wildman–Crippen LogP) is 3.92. The van der Waals surface area contributed by atoms with Crippen LogP contribution in [0, 0.1) is 5.82 Å². The van der Waals surface area contributed by atoms with E-state index in [9.17, 15) is 9.18 Å².